The zero-order valence-corrected chi connectivity index (χ0v) is 57.5. The van der Waals surface area contributed by atoms with Gasteiger partial charge in [-0.25, -0.2) is 15.0 Å². The average Bonchev–Trinajstić information content (AvgIpc) is 1.53. The van der Waals surface area contributed by atoms with Crippen molar-refractivity contribution in [3.8, 4) is 56.0 Å². The number of hydrogen-bond acceptors (Lipinski definition) is 6. The number of rotatable bonds is 8. The van der Waals surface area contributed by atoms with E-state index in [1.54, 1.807) is 6.20 Å². The van der Waals surface area contributed by atoms with Gasteiger partial charge in [-0.05, 0) is 187 Å². The number of para-hydroxylation sites is 2. The lowest BCUT2D eigenvalue weighted by atomic mass is 9.67. The topological polar surface area (TPSA) is 70.0 Å². The van der Waals surface area contributed by atoms with Crippen molar-refractivity contribution in [1.82, 2.24) is 19.9 Å². The molecule has 12 aromatic carbocycles. The smallest absolute Gasteiger partial charge is 0.399 e. The van der Waals surface area contributed by atoms with Crippen molar-refractivity contribution < 1.29 is 9.31 Å². The van der Waals surface area contributed by atoms with Crippen LogP contribution in [0.3, 0.4) is 0 Å². The van der Waals surface area contributed by atoms with Gasteiger partial charge in [0, 0.05) is 50.6 Å². The van der Waals surface area contributed by atoms with Crippen LogP contribution in [0, 0.1) is 0 Å². The monoisotopic (exact) mass is 1350 g/mol. The van der Waals surface area contributed by atoms with Crippen molar-refractivity contribution in [2.75, 3.05) is 0 Å². The molecule has 0 bridgehead atoms. The predicted octanol–water partition coefficient (Wildman–Crippen LogP) is 22.0. The minimum atomic E-state index is -0.480. The van der Waals surface area contributed by atoms with Crippen LogP contribution >= 0.6 is 15.9 Å². The third-order valence-corrected chi connectivity index (χ3v) is 21.5. The number of aromatic nitrogens is 4. The molecule has 0 saturated carbocycles. The first-order valence-corrected chi connectivity index (χ1v) is 35.0. The van der Waals surface area contributed by atoms with E-state index >= 15 is 0 Å². The fraction of sp³-hybridized carbons (Fsp3) is 0.0870. The molecule has 2 aliphatic carbocycles. The molecule has 0 N–H and O–H groups in total. The molecule has 0 spiro atoms. The Morgan fingerprint density at radius 1 is 0.300 bits per heavy atom. The van der Waals surface area contributed by atoms with E-state index in [0.717, 1.165) is 71.0 Å². The quantitative estimate of drug-likeness (QED) is 0.0858. The zero-order chi connectivity index (χ0) is 67.6. The number of fused-ring (bicyclic) bond motifs is 12. The normalized spacial score (nSPS) is 14.7. The van der Waals surface area contributed by atoms with Crippen molar-refractivity contribution in [3.63, 3.8) is 0 Å². The van der Waals surface area contributed by atoms with Gasteiger partial charge in [-0.15, -0.1) is 0 Å². The highest BCUT2D eigenvalue weighted by atomic mass is 79.9. The van der Waals surface area contributed by atoms with Crippen molar-refractivity contribution in [3.05, 3.63) is 389 Å². The van der Waals surface area contributed by atoms with Crippen LogP contribution in [-0.2, 0) is 20.1 Å². The van der Waals surface area contributed by atoms with Gasteiger partial charge in [0.15, 0.2) is 0 Å². The number of halogens is 1. The van der Waals surface area contributed by atoms with Crippen LogP contribution in [0.2, 0.25) is 0 Å². The molecule has 100 heavy (non-hydrogen) atoms. The van der Waals surface area contributed by atoms with E-state index in [0.29, 0.717) is 0 Å². The Balaban J connectivity index is 0.000000136. The summed E-state index contributed by atoms with van der Waals surface area (Å²) in [5.74, 6) is 0. The summed E-state index contributed by atoms with van der Waals surface area (Å²) >= 11 is 3.20. The predicted molar refractivity (Wildman–Crippen MR) is 415 cm³/mol. The van der Waals surface area contributed by atoms with Gasteiger partial charge >= 0.3 is 7.12 Å². The summed E-state index contributed by atoms with van der Waals surface area (Å²) in [5, 5.41) is 7.04. The molecule has 6 nitrogen and oxygen atoms in total. The maximum Gasteiger partial charge on any atom is 0.494 e. The van der Waals surface area contributed by atoms with Gasteiger partial charge in [-0.3, -0.25) is 4.98 Å². The maximum absolute atomic E-state index is 6.37. The molecule has 0 amide bonds. The van der Waals surface area contributed by atoms with E-state index in [1.165, 1.54) is 82.9 Å². The third-order valence-electron chi connectivity index (χ3n) is 21.0. The Morgan fingerprint density at radius 2 is 0.670 bits per heavy atom. The number of nitrogens with zero attached hydrogens (tertiary/aromatic N) is 4. The van der Waals surface area contributed by atoms with Gasteiger partial charge in [-0.2, -0.15) is 0 Å². The summed E-state index contributed by atoms with van der Waals surface area (Å²) in [4.78, 5) is 19.1. The highest BCUT2D eigenvalue weighted by molar-refractivity contribution is 9.10. The molecule has 1 aliphatic heterocycles. The van der Waals surface area contributed by atoms with E-state index in [1.807, 2.05) is 42.6 Å². The molecule has 0 atom stereocenters. The molecule has 1 fully saturated rings. The summed E-state index contributed by atoms with van der Waals surface area (Å²) < 4.78 is 13.6. The second kappa shape index (κ2) is 25.2. The van der Waals surface area contributed by atoms with Gasteiger partial charge in [0.05, 0.1) is 50.1 Å². The number of pyridine rings is 4. The second-order valence-electron chi connectivity index (χ2n) is 27.1. The van der Waals surface area contributed by atoms with E-state index in [-0.39, 0.29) is 0 Å². The first kappa shape index (κ1) is 62.3. The summed E-state index contributed by atoms with van der Waals surface area (Å²) in [6, 6.07) is 117. The fourth-order valence-electron chi connectivity index (χ4n) is 15.7. The minimum Gasteiger partial charge on any atom is -0.399 e. The van der Waals surface area contributed by atoms with E-state index in [9.17, 15) is 0 Å². The van der Waals surface area contributed by atoms with Gasteiger partial charge in [0.25, 0.3) is 0 Å². The summed E-state index contributed by atoms with van der Waals surface area (Å²) in [6.45, 7) is 8.37. The van der Waals surface area contributed by atoms with Crippen LogP contribution in [0.25, 0.3) is 99.4 Å². The first-order valence-electron chi connectivity index (χ1n) is 34.2. The Morgan fingerprint density at radius 3 is 1.07 bits per heavy atom. The van der Waals surface area contributed by atoms with Gasteiger partial charge < -0.3 is 9.31 Å². The van der Waals surface area contributed by atoms with Gasteiger partial charge in [0.1, 0.15) is 4.60 Å². The lowest BCUT2D eigenvalue weighted by molar-refractivity contribution is 0.00578. The number of benzene rings is 12. The summed E-state index contributed by atoms with van der Waals surface area (Å²) in [6.07, 6.45) is 3.58. The lowest BCUT2D eigenvalue weighted by Gasteiger charge is -2.34. The highest BCUT2D eigenvalue weighted by Gasteiger charge is 2.52. The Bertz CT molecular complexity index is 5630. The third kappa shape index (κ3) is 10.4. The van der Waals surface area contributed by atoms with Crippen molar-refractivity contribution in [2.24, 2.45) is 0 Å². The average molecular weight is 1350 g/mol. The van der Waals surface area contributed by atoms with Gasteiger partial charge in [-0.1, -0.05) is 267 Å². The highest BCUT2D eigenvalue weighted by Crippen LogP contribution is 2.59. The van der Waals surface area contributed by atoms with E-state index in [4.69, 9.17) is 19.3 Å². The van der Waals surface area contributed by atoms with Crippen molar-refractivity contribution in [1.29, 1.82) is 0 Å². The van der Waals surface area contributed by atoms with Crippen LogP contribution in [0.1, 0.15) is 72.2 Å². The molecule has 8 heteroatoms. The van der Waals surface area contributed by atoms with E-state index in [2.05, 4.69) is 345 Å². The zero-order valence-electron chi connectivity index (χ0n) is 55.9. The molecule has 0 radical (unpaired) electrons. The molecule has 4 aromatic heterocycles. The van der Waals surface area contributed by atoms with Crippen LogP contribution < -0.4 is 5.46 Å². The first-order chi connectivity index (χ1) is 49.0. The molecule has 5 heterocycles. The fourth-order valence-corrected chi connectivity index (χ4v) is 15.9. The molecule has 3 aliphatic rings. The lowest BCUT2D eigenvalue weighted by Crippen LogP contribution is -2.41. The second-order valence-corrected chi connectivity index (χ2v) is 27.9. The standard InChI is InChI=1S/C44H36BNO2.C43H28N2.C5H4BrN/c1-42(2)43(3,4)48-45(47-42)32-25-23-29(24-26-32)41-37-28-39-36(27-35(37)34-20-12-14-22-40(34)46-41)33-19-11-13-21-38(33)44(39,30-15-7-5-8-16-30)31-17-9-6-10-18-31;1-3-13-31(14-4-1)43(32-15-5-2-6-16-32)38-19-9-7-17-33(38)36-27-35-34-18-8-10-21-41(34)45-42(37(35)28-39(36)43)30-24-22-29(23-25-30)40-20-11-12-26-44-40;6-5-3-1-2-4-7-5/h5-28H,1-4H3;1-28H;1-4H. The molecular formula is C92H68BBrN4O2. The van der Waals surface area contributed by atoms with Crippen LogP contribution in [0.15, 0.2) is 345 Å². The Labute approximate surface area is 592 Å². The molecule has 16 aromatic rings. The van der Waals surface area contributed by atoms with Crippen LogP contribution in [-0.4, -0.2) is 38.3 Å². The van der Waals surface area contributed by atoms with Crippen LogP contribution in [0.5, 0.6) is 0 Å². The molecule has 478 valence electrons. The SMILES string of the molecule is Brc1ccccn1.CC1(C)OB(c2ccc(-c3nc4ccccc4c4cc5c(cc34)C(c3ccccc3)(c3ccccc3)c3ccccc3-5)cc2)OC1(C)C.c1ccc(C2(c3ccccc3)c3ccccc3-c3cc4c(cc32)c(-c2ccc(-c3ccccn3)cc2)nc2ccccc24)cc1. The maximum atomic E-state index is 6.37. The molecule has 1 saturated heterocycles. The summed E-state index contributed by atoms with van der Waals surface area (Å²) in [7, 11) is -0.413. The molecular weight excluding hydrogens is 1280 g/mol. The summed E-state index contributed by atoms with van der Waals surface area (Å²) in [5.41, 5.74) is 22.7. The number of hydrogen-bond donors (Lipinski definition) is 0. The Hall–Kier alpha value is -11.3. The van der Waals surface area contributed by atoms with Gasteiger partial charge in [0.2, 0.25) is 0 Å². The largest absolute Gasteiger partial charge is 0.494 e. The van der Waals surface area contributed by atoms with Crippen LogP contribution in [0.4, 0.5) is 0 Å². The molecule has 19 rings (SSSR count). The van der Waals surface area contributed by atoms with Crippen molar-refractivity contribution in [2.45, 2.75) is 49.7 Å². The van der Waals surface area contributed by atoms with Crippen molar-refractivity contribution >= 4 is 71.9 Å². The molecule has 0 unspecified atom stereocenters. The van der Waals surface area contributed by atoms with E-state index < -0.39 is 29.2 Å². The Kier molecular flexibility index (Phi) is 15.7. The minimum absolute atomic E-state index is 0.394.